The third-order valence-corrected chi connectivity index (χ3v) is 3.74. The molecule has 0 saturated heterocycles. The van der Waals surface area contributed by atoms with Crippen LogP contribution in [0.3, 0.4) is 0 Å². The van der Waals surface area contributed by atoms with Crippen molar-refractivity contribution in [1.82, 2.24) is 9.55 Å². The van der Waals surface area contributed by atoms with Crippen LogP contribution in [0, 0.1) is 5.82 Å². The lowest BCUT2D eigenvalue weighted by Crippen LogP contribution is -2.17. The van der Waals surface area contributed by atoms with E-state index in [4.69, 9.17) is 4.74 Å². The van der Waals surface area contributed by atoms with Crippen LogP contribution < -0.4 is 10.1 Å². The molecular formula is C15H18FN3O. The van der Waals surface area contributed by atoms with Gasteiger partial charge >= 0.3 is 0 Å². The van der Waals surface area contributed by atoms with E-state index in [0.717, 1.165) is 11.6 Å². The number of aromatic nitrogens is 2. The molecule has 0 amide bonds. The van der Waals surface area contributed by atoms with E-state index < -0.39 is 0 Å². The summed E-state index contributed by atoms with van der Waals surface area (Å²) < 4.78 is 20.6. The van der Waals surface area contributed by atoms with Crippen molar-refractivity contribution in [2.75, 3.05) is 12.4 Å². The minimum absolute atomic E-state index is 0.249. The zero-order chi connectivity index (χ0) is 13.9. The van der Waals surface area contributed by atoms with Gasteiger partial charge in [-0.1, -0.05) is 12.8 Å². The summed E-state index contributed by atoms with van der Waals surface area (Å²) in [4.78, 5) is 4.33. The molecule has 0 atom stereocenters. The first-order valence-corrected chi connectivity index (χ1v) is 6.92. The number of anilines is 1. The van der Waals surface area contributed by atoms with E-state index >= 15 is 0 Å². The van der Waals surface area contributed by atoms with E-state index in [9.17, 15) is 4.39 Å². The highest BCUT2D eigenvalue weighted by molar-refractivity contribution is 5.45. The second-order valence-corrected chi connectivity index (χ2v) is 5.07. The van der Waals surface area contributed by atoms with E-state index in [-0.39, 0.29) is 11.6 Å². The average Bonchev–Trinajstić information content (AvgIpc) is 3.11. The van der Waals surface area contributed by atoms with Gasteiger partial charge in [0.15, 0.2) is 11.6 Å². The Morgan fingerprint density at radius 3 is 2.85 bits per heavy atom. The van der Waals surface area contributed by atoms with Crippen LogP contribution >= 0.6 is 0 Å². The molecule has 1 heterocycles. The predicted molar refractivity (Wildman–Crippen MR) is 76.0 cm³/mol. The lowest BCUT2D eigenvalue weighted by atomic mass is 10.2. The lowest BCUT2D eigenvalue weighted by Gasteiger charge is -2.15. The number of rotatable bonds is 4. The largest absolute Gasteiger partial charge is 0.494 e. The Kier molecular flexibility index (Phi) is 3.58. The molecular weight excluding hydrogens is 257 g/mol. The quantitative estimate of drug-likeness (QED) is 0.929. The third kappa shape index (κ3) is 2.48. The van der Waals surface area contributed by atoms with Crippen molar-refractivity contribution in [3.8, 4) is 11.4 Å². The number of imidazole rings is 1. The van der Waals surface area contributed by atoms with Crippen molar-refractivity contribution in [2.24, 2.45) is 0 Å². The van der Waals surface area contributed by atoms with Gasteiger partial charge in [0.25, 0.3) is 0 Å². The summed E-state index contributed by atoms with van der Waals surface area (Å²) >= 11 is 0. The zero-order valence-corrected chi connectivity index (χ0v) is 11.5. The Labute approximate surface area is 117 Å². The van der Waals surface area contributed by atoms with Crippen LogP contribution in [0.5, 0.6) is 5.75 Å². The van der Waals surface area contributed by atoms with E-state index in [1.54, 1.807) is 12.3 Å². The van der Waals surface area contributed by atoms with Gasteiger partial charge in [-0.05, 0) is 25.0 Å². The zero-order valence-electron chi connectivity index (χ0n) is 11.5. The summed E-state index contributed by atoms with van der Waals surface area (Å²) in [5.41, 5.74) is 0.737. The molecule has 1 aliphatic carbocycles. The normalized spacial score (nSPS) is 15.5. The Morgan fingerprint density at radius 1 is 1.35 bits per heavy atom. The van der Waals surface area contributed by atoms with Crippen molar-refractivity contribution in [1.29, 1.82) is 0 Å². The second-order valence-electron chi connectivity index (χ2n) is 5.07. The van der Waals surface area contributed by atoms with Crippen molar-refractivity contribution in [3.63, 3.8) is 0 Å². The summed E-state index contributed by atoms with van der Waals surface area (Å²) in [7, 11) is 1.46. The topological polar surface area (TPSA) is 39.1 Å². The van der Waals surface area contributed by atoms with Gasteiger partial charge in [-0.2, -0.15) is 0 Å². The van der Waals surface area contributed by atoms with Gasteiger partial charge in [-0.15, -0.1) is 0 Å². The monoisotopic (exact) mass is 275 g/mol. The summed E-state index contributed by atoms with van der Waals surface area (Å²) in [5.74, 6) is 0.645. The first-order valence-electron chi connectivity index (χ1n) is 6.92. The Bertz CT molecular complexity index is 591. The third-order valence-electron chi connectivity index (χ3n) is 3.74. The number of nitrogens with one attached hydrogen (secondary N) is 1. The standard InChI is InChI=1S/C15H18FN3O/c1-20-14-7-6-12(10-13(14)16)19-9-8-17-15(19)18-11-4-2-3-5-11/h6-11H,2-5H2,1H3,(H,17,18). The van der Waals surface area contributed by atoms with Crippen LogP contribution in [0.1, 0.15) is 25.7 Å². The van der Waals surface area contributed by atoms with Gasteiger partial charge in [0.1, 0.15) is 0 Å². The molecule has 2 aromatic rings. The number of hydrogen-bond donors (Lipinski definition) is 1. The van der Waals surface area contributed by atoms with Crippen molar-refractivity contribution in [2.45, 2.75) is 31.7 Å². The van der Waals surface area contributed by atoms with Crippen molar-refractivity contribution >= 4 is 5.95 Å². The maximum atomic E-state index is 13.8. The molecule has 0 aliphatic heterocycles. The predicted octanol–water partition coefficient (Wildman–Crippen LogP) is 3.37. The number of benzene rings is 1. The second kappa shape index (κ2) is 5.53. The molecule has 1 N–H and O–H groups in total. The van der Waals surface area contributed by atoms with Gasteiger partial charge < -0.3 is 10.1 Å². The van der Waals surface area contributed by atoms with Crippen molar-refractivity contribution < 1.29 is 9.13 Å². The lowest BCUT2D eigenvalue weighted by molar-refractivity contribution is 0.386. The Balaban J connectivity index is 1.86. The molecule has 106 valence electrons. The van der Waals surface area contributed by atoms with Crippen LogP contribution in [-0.2, 0) is 0 Å². The Morgan fingerprint density at radius 2 is 2.15 bits per heavy atom. The molecule has 20 heavy (non-hydrogen) atoms. The molecule has 0 spiro atoms. The fourth-order valence-corrected chi connectivity index (χ4v) is 2.68. The van der Waals surface area contributed by atoms with Crippen LogP contribution in [-0.4, -0.2) is 22.7 Å². The molecule has 1 saturated carbocycles. The number of methoxy groups -OCH3 is 1. The summed E-state index contributed by atoms with van der Waals surface area (Å²) in [6.07, 6.45) is 8.41. The summed E-state index contributed by atoms with van der Waals surface area (Å²) in [6.45, 7) is 0. The highest BCUT2D eigenvalue weighted by atomic mass is 19.1. The fraction of sp³-hybridized carbons (Fsp3) is 0.400. The van der Waals surface area contributed by atoms with Gasteiger partial charge in [-0.25, -0.2) is 9.37 Å². The smallest absolute Gasteiger partial charge is 0.207 e. The van der Waals surface area contributed by atoms with Gasteiger partial charge in [0, 0.05) is 24.5 Å². The molecule has 1 aliphatic rings. The molecule has 0 unspecified atom stereocenters. The van der Waals surface area contributed by atoms with E-state index in [0.29, 0.717) is 6.04 Å². The van der Waals surface area contributed by atoms with Crippen LogP contribution in [0.15, 0.2) is 30.6 Å². The van der Waals surface area contributed by atoms with Crippen LogP contribution in [0.25, 0.3) is 5.69 Å². The molecule has 5 heteroatoms. The van der Waals surface area contributed by atoms with E-state index in [1.807, 2.05) is 16.8 Å². The summed E-state index contributed by atoms with van der Waals surface area (Å²) in [6, 6.07) is 5.38. The van der Waals surface area contributed by atoms with Gasteiger partial charge in [0.05, 0.1) is 12.8 Å². The first-order chi connectivity index (χ1) is 9.78. The molecule has 3 rings (SSSR count). The highest BCUT2D eigenvalue weighted by Gasteiger charge is 2.17. The molecule has 0 bridgehead atoms. The minimum atomic E-state index is -0.370. The van der Waals surface area contributed by atoms with Gasteiger partial charge in [-0.3, -0.25) is 4.57 Å². The highest BCUT2D eigenvalue weighted by Crippen LogP contribution is 2.25. The van der Waals surface area contributed by atoms with E-state index in [2.05, 4.69) is 10.3 Å². The summed E-state index contributed by atoms with van der Waals surface area (Å²) in [5, 5.41) is 3.43. The molecule has 1 aromatic heterocycles. The number of ether oxygens (including phenoxy) is 1. The molecule has 4 nitrogen and oxygen atoms in total. The van der Waals surface area contributed by atoms with Crippen LogP contribution in [0.4, 0.5) is 10.3 Å². The maximum absolute atomic E-state index is 13.8. The van der Waals surface area contributed by atoms with Gasteiger partial charge in [0.2, 0.25) is 5.95 Å². The van der Waals surface area contributed by atoms with Crippen LogP contribution in [0.2, 0.25) is 0 Å². The number of nitrogens with zero attached hydrogens (tertiary/aromatic N) is 2. The molecule has 1 aromatic carbocycles. The molecule has 1 fully saturated rings. The molecule has 0 radical (unpaired) electrons. The Hall–Kier alpha value is -2.04. The maximum Gasteiger partial charge on any atom is 0.207 e. The number of hydrogen-bond acceptors (Lipinski definition) is 3. The number of halogens is 1. The average molecular weight is 275 g/mol. The van der Waals surface area contributed by atoms with E-state index in [1.165, 1.54) is 38.9 Å². The minimum Gasteiger partial charge on any atom is -0.494 e. The van der Waals surface area contributed by atoms with Crippen molar-refractivity contribution in [3.05, 3.63) is 36.4 Å². The SMILES string of the molecule is COc1ccc(-n2ccnc2NC2CCCC2)cc1F. The first kappa shape index (κ1) is 13.0. The fourth-order valence-electron chi connectivity index (χ4n) is 2.68.